The molecule has 2 aromatic rings. The first kappa shape index (κ1) is 21.8. The maximum absolute atomic E-state index is 15.1. The molecule has 0 saturated carbocycles. The van der Waals surface area contributed by atoms with Gasteiger partial charge in [-0.3, -0.25) is 0 Å². The van der Waals surface area contributed by atoms with Gasteiger partial charge in [0.25, 0.3) is 0 Å². The highest BCUT2D eigenvalue weighted by Crippen LogP contribution is 2.36. The Balaban J connectivity index is 1.78. The van der Waals surface area contributed by atoms with E-state index in [0.29, 0.717) is 16.9 Å². The summed E-state index contributed by atoms with van der Waals surface area (Å²) in [5.41, 5.74) is 7.85. The third-order valence-electron chi connectivity index (χ3n) is 5.89. The number of halogens is 2. The summed E-state index contributed by atoms with van der Waals surface area (Å²) in [4.78, 5) is 0.434. The molecule has 3 rings (SSSR count). The average molecular weight is 413 g/mol. The van der Waals surface area contributed by atoms with Gasteiger partial charge in [-0.2, -0.15) is 0 Å². The molecule has 154 valence electrons. The summed E-state index contributed by atoms with van der Waals surface area (Å²) < 4.78 is 29.8. The summed E-state index contributed by atoms with van der Waals surface area (Å²) in [6.45, 7) is 12.4. The van der Waals surface area contributed by atoms with E-state index in [4.69, 9.17) is 0 Å². The molecule has 0 fully saturated rings. The standard InChI is InChI=1S/C26H30F2S/c1-16(11-22-13-18(3)17(2)12-19(22)4)15-29-20(5)25-24(27)14-21-9-7-6-8-10-23(21)26(25)28/h12-15H,5-11H2,1-4H3/b16-15+. The molecule has 0 N–H and O–H groups in total. The summed E-state index contributed by atoms with van der Waals surface area (Å²) in [5, 5.41) is 1.97. The topological polar surface area (TPSA) is 0 Å². The van der Waals surface area contributed by atoms with E-state index >= 15 is 4.39 Å². The Bertz CT molecular complexity index is 969. The normalized spacial score (nSPS) is 14.5. The molecule has 0 unspecified atom stereocenters. The lowest BCUT2D eigenvalue weighted by atomic mass is 9.97. The molecule has 29 heavy (non-hydrogen) atoms. The van der Waals surface area contributed by atoms with Crippen molar-refractivity contribution in [1.82, 2.24) is 0 Å². The van der Waals surface area contributed by atoms with Gasteiger partial charge in [0, 0.05) is 4.91 Å². The highest BCUT2D eigenvalue weighted by Gasteiger charge is 2.21. The fourth-order valence-corrected chi connectivity index (χ4v) is 4.77. The van der Waals surface area contributed by atoms with Gasteiger partial charge >= 0.3 is 0 Å². The predicted molar refractivity (Wildman–Crippen MR) is 122 cm³/mol. The lowest BCUT2D eigenvalue weighted by molar-refractivity contribution is 0.563. The Hall–Kier alpha value is -1.87. The van der Waals surface area contributed by atoms with Crippen molar-refractivity contribution >= 4 is 16.7 Å². The number of aryl methyl sites for hydroxylation is 4. The number of thioether (sulfide) groups is 1. The highest BCUT2D eigenvalue weighted by molar-refractivity contribution is 8.10. The quantitative estimate of drug-likeness (QED) is 0.448. The maximum Gasteiger partial charge on any atom is 0.137 e. The highest BCUT2D eigenvalue weighted by atomic mass is 32.2. The number of rotatable bonds is 5. The van der Waals surface area contributed by atoms with Gasteiger partial charge in [-0.1, -0.05) is 42.5 Å². The van der Waals surface area contributed by atoms with Gasteiger partial charge in [0.1, 0.15) is 11.6 Å². The van der Waals surface area contributed by atoms with Crippen LogP contribution in [0.2, 0.25) is 0 Å². The molecule has 1 aliphatic carbocycles. The molecule has 0 spiro atoms. The van der Waals surface area contributed by atoms with Crippen LogP contribution in [0.15, 0.2) is 35.8 Å². The van der Waals surface area contributed by atoms with E-state index in [1.807, 2.05) is 5.41 Å². The summed E-state index contributed by atoms with van der Waals surface area (Å²) in [6, 6.07) is 5.97. The molecule has 0 saturated heterocycles. The van der Waals surface area contributed by atoms with Crippen LogP contribution in [0.5, 0.6) is 0 Å². The Labute approximate surface area is 178 Å². The van der Waals surface area contributed by atoms with Crippen molar-refractivity contribution in [3.8, 4) is 0 Å². The lowest BCUT2D eigenvalue weighted by Gasteiger charge is -2.14. The number of benzene rings is 2. The van der Waals surface area contributed by atoms with Crippen LogP contribution in [0.3, 0.4) is 0 Å². The third-order valence-corrected chi connectivity index (χ3v) is 6.90. The Kier molecular flexibility index (Phi) is 7.00. The summed E-state index contributed by atoms with van der Waals surface area (Å²) >= 11 is 1.32. The van der Waals surface area contributed by atoms with E-state index in [1.54, 1.807) is 0 Å². The molecule has 0 nitrogen and oxygen atoms in total. The van der Waals surface area contributed by atoms with E-state index in [-0.39, 0.29) is 5.56 Å². The Morgan fingerprint density at radius 3 is 2.45 bits per heavy atom. The summed E-state index contributed by atoms with van der Waals surface area (Å²) in [6.07, 6.45) is 5.30. The minimum Gasteiger partial charge on any atom is -0.206 e. The van der Waals surface area contributed by atoms with Crippen molar-refractivity contribution in [2.24, 2.45) is 0 Å². The largest absolute Gasteiger partial charge is 0.206 e. The van der Waals surface area contributed by atoms with Crippen LogP contribution in [0.1, 0.15) is 65.1 Å². The van der Waals surface area contributed by atoms with E-state index in [0.717, 1.165) is 43.2 Å². The van der Waals surface area contributed by atoms with E-state index < -0.39 is 11.6 Å². The fourth-order valence-electron chi connectivity index (χ4n) is 4.04. The summed E-state index contributed by atoms with van der Waals surface area (Å²) in [7, 11) is 0. The molecule has 2 aromatic carbocycles. The first-order valence-corrected chi connectivity index (χ1v) is 11.2. The van der Waals surface area contributed by atoms with Gasteiger partial charge in [0.2, 0.25) is 0 Å². The molecule has 0 aromatic heterocycles. The molecular formula is C26H30F2S. The molecule has 0 bridgehead atoms. The van der Waals surface area contributed by atoms with Crippen molar-refractivity contribution in [2.45, 2.75) is 66.2 Å². The SMILES string of the molecule is C=C(S/C=C(\C)Cc1cc(C)c(C)cc1C)c1c(F)cc2c(c1F)CCCCC2. The molecule has 1 aliphatic rings. The van der Waals surface area contributed by atoms with Gasteiger partial charge < -0.3 is 0 Å². The smallest absolute Gasteiger partial charge is 0.137 e. The third kappa shape index (κ3) is 5.01. The van der Waals surface area contributed by atoms with Crippen LogP contribution < -0.4 is 0 Å². The molecular weight excluding hydrogens is 382 g/mol. The first-order valence-electron chi connectivity index (χ1n) is 10.4. The van der Waals surface area contributed by atoms with Crippen LogP contribution in [-0.2, 0) is 19.3 Å². The van der Waals surface area contributed by atoms with Gasteiger partial charge in [0.15, 0.2) is 0 Å². The minimum absolute atomic E-state index is 0.0436. The van der Waals surface area contributed by atoms with Crippen LogP contribution in [-0.4, -0.2) is 0 Å². The van der Waals surface area contributed by atoms with E-state index in [9.17, 15) is 4.39 Å². The zero-order valence-electron chi connectivity index (χ0n) is 17.9. The average Bonchev–Trinajstić information content (AvgIpc) is 2.90. The zero-order valence-corrected chi connectivity index (χ0v) is 18.7. The Morgan fingerprint density at radius 2 is 1.69 bits per heavy atom. The van der Waals surface area contributed by atoms with Crippen molar-refractivity contribution < 1.29 is 8.78 Å². The molecule has 0 atom stereocenters. The van der Waals surface area contributed by atoms with Crippen LogP contribution >= 0.6 is 11.8 Å². The van der Waals surface area contributed by atoms with E-state index in [1.165, 1.54) is 40.1 Å². The van der Waals surface area contributed by atoms with Crippen molar-refractivity contribution in [3.63, 3.8) is 0 Å². The molecule has 0 aliphatic heterocycles. The number of hydrogen-bond donors (Lipinski definition) is 0. The molecule has 0 heterocycles. The predicted octanol–water partition coefficient (Wildman–Crippen LogP) is 8.01. The van der Waals surface area contributed by atoms with Crippen molar-refractivity contribution in [1.29, 1.82) is 0 Å². The second-order valence-electron chi connectivity index (χ2n) is 8.29. The van der Waals surface area contributed by atoms with Crippen molar-refractivity contribution in [2.75, 3.05) is 0 Å². The monoisotopic (exact) mass is 412 g/mol. The maximum atomic E-state index is 15.1. The second-order valence-corrected chi connectivity index (χ2v) is 9.25. The minimum atomic E-state index is -0.489. The second kappa shape index (κ2) is 9.30. The van der Waals surface area contributed by atoms with Gasteiger partial charge in [-0.25, -0.2) is 8.78 Å². The summed E-state index contributed by atoms with van der Waals surface area (Å²) in [5.74, 6) is -0.896. The first-order chi connectivity index (χ1) is 13.8. The Morgan fingerprint density at radius 1 is 1.00 bits per heavy atom. The van der Waals surface area contributed by atoms with Crippen LogP contribution in [0, 0.1) is 32.4 Å². The number of hydrogen-bond acceptors (Lipinski definition) is 1. The molecule has 0 radical (unpaired) electrons. The van der Waals surface area contributed by atoms with Gasteiger partial charge in [0.05, 0.1) is 5.56 Å². The van der Waals surface area contributed by atoms with E-state index in [2.05, 4.69) is 46.4 Å². The number of allylic oxidation sites excluding steroid dienone is 1. The van der Waals surface area contributed by atoms with Crippen LogP contribution in [0.4, 0.5) is 8.78 Å². The zero-order chi connectivity index (χ0) is 21.1. The van der Waals surface area contributed by atoms with Crippen molar-refractivity contribution in [3.05, 3.63) is 86.3 Å². The van der Waals surface area contributed by atoms with Gasteiger partial charge in [-0.15, -0.1) is 0 Å². The molecule has 3 heteroatoms. The number of fused-ring (bicyclic) bond motifs is 1. The molecule has 0 amide bonds. The van der Waals surface area contributed by atoms with Crippen LogP contribution in [0.25, 0.3) is 4.91 Å². The van der Waals surface area contributed by atoms with Gasteiger partial charge in [-0.05, 0) is 105 Å². The lowest BCUT2D eigenvalue weighted by Crippen LogP contribution is -2.03. The fraction of sp³-hybridized carbons (Fsp3) is 0.385.